The number of H-pyrrole nitrogens is 1. The molecule has 0 saturated carbocycles. The largest absolute Gasteiger partial charge is 0.324 e. The number of para-hydroxylation sites is 2. The summed E-state index contributed by atoms with van der Waals surface area (Å²) in [5.41, 5.74) is 1.57. The zero-order valence-corrected chi connectivity index (χ0v) is 18.6. The summed E-state index contributed by atoms with van der Waals surface area (Å²) < 4.78 is 0. The summed E-state index contributed by atoms with van der Waals surface area (Å²) >= 11 is 6.05. The molecular weight excluding hydrogens is 430 g/mol. The third kappa shape index (κ3) is 4.51. The monoisotopic (exact) mass is 453 g/mol. The number of nitrogens with one attached hydrogen (secondary N) is 2. The van der Waals surface area contributed by atoms with Crippen LogP contribution in [0, 0.1) is 0 Å². The lowest BCUT2D eigenvalue weighted by atomic mass is 10.1. The summed E-state index contributed by atoms with van der Waals surface area (Å²) in [6, 6.07) is 11.9. The molecule has 1 aliphatic rings. The van der Waals surface area contributed by atoms with Crippen LogP contribution in [0.5, 0.6) is 0 Å². The number of hydrogen-bond donors (Lipinski definition) is 2. The maximum atomic E-state index is 13.3. The first-order valence-corrected chi connectivity index (χ1v) is 10.8. The van der Waals surface area contributed by atoms with E-state index >= 15 is 0 Å². The Morgan fingerprint density at radius 1 is 1.25 bits per heavy atom. The number of likely N-dealkylation sites (N-methyl/N-ethyl adjacent to an activating group) is 1. The van der Waals surface area contributed by atoms with E-state index in [4.69, 9.17) is 11.6 Å². The molecule has 2 aromatic carbocycles. The van der Waals surface area contributed by atoms with E-state index in [1.165, 1.54) is 0 Å². The van der Waals surface area contributed by atoms with E-state index in [0.717, 1.165) is 0 Å². The zero-order chi connectivity index (χ0) is 22.8. The Bertz CT molecular complexity index is 1240. The van der Waals surface area contributed by atoms with Crippen LogP contribution >= 0.6 is 11.6 Å². The van der Waals surface area contributed by atoms with Crippen molar-refractivity contribution in [2.45, 2.75) is 32.9 Å². The number of anilines is 2. The number of rotatable bonds is 5. The molecule has 1 atom stereocenters. The standard InChI is InChI=1S/C23H24ClN5O3/c1-3-28(12-20-25-18-11-15(24)8-9-16(18)23(32)27-20)13-22(31)29-14(2)10-21(30)26-17-6-4-5-7-19(17)29/h4-9,11,14H,3,10,12-13H2,1-2H3,(H,26,30)(H,25,27,32). The number of hydrogen-bond acceptors (Lipinski definition) is 5. The summed E-state index contributed by atoms with van der Waals surface area (Å²) in [5.74, 6) is 0.208. The first-order chi connectivity index (χ1) is 15.4. The maximum absolute atomic E-state index is 13.3. The highest BCUT2D eigenvalue weighted by Crippen LogP contribution is 2.31. The predicted octanol–water partition coefficient (Wildman–Crippen LogP) is 3.16. The van der Waals surface area contributed by atoms with Crippen LogP contribution in [-0.2, 0) is 16.1 Å². The van der Waals surface area contributed by atoms with E-state index in [9.17, 15) is 14.4 Å². The first kappa shape index (κ1) is 22.0. The van der Waals surface area contributed by atoms with Crippen molar-refractivity contribution in [1.82, 2.24) is 14.9 Å². The van der Waals surface area contributed by atoms with Crippen LogP contribution < -0.4 is 15.8 Å². The quantitative estimate of drug-likeness (QED) is 0.618. The van der Waals surface area contributed by atoms with Crippen molar-refractivity contribution in [3.63, 3.8) is 0 Å². The molecule has 0 spiro atoms. The molecule has 2 heterocycles. The Hall–Kier alpha value is -3.23. The van der Waals surface area contributed by atoms with Crippen molar-refractivity contribution in [2.24, 2.45) is 0 Å². The second-order valence-corrected chi connectivity index (χ2v) is 8.30. The lowest BCUT2D eigenvalue weighted by Crippen LogP contribution is -2.45. The van der Waals surface area contributed by atoms with E-state index in [0.29, 0.717) is 46.2 Å². The van der Waals surface area contributed by atoms with E-state index in [1.54, 1.807) is 29.2 Å². The van der Waals surface area contributed by atoms with Crippen LogP contribution in [0.4, 0.5) is 11.4 Å². The first-order valence-electron chi connectivity index (χ1n) is 10.5. The van der Waals surface area contributed by atoms with E-state index in [1.807, 2.05) is 36.9 Å². The minimum absolute atomic E-state index is 0.112. The normalized spacial score (nSPS) is 16.1. The van der Waals surface area contributed by atoms with Crippen molar-refractivity contribution >= 4 is 45.7 Å². The predicted molar refractivity (Wildman–Crippen MR) is 125 cm³/mol. The molecule has 2 N–H and O–H groups in total. The number of amides is 2. The van der Waals surface area contributed by atoms with Crippen molar-refractivity contribution in [1.29, 1.82) is 0 Å². The van der Waals surface area contributed by atoms with Gasteiger partial charge in [0.25, 0.3) is 5.56 Å². The fraction of sp³-hybridized carbons (Fsp3) is 0.304. The molecule has 9 heteroatoms. The summed E-state index contributed by atoms with van der Waals surface area (Å²) in [6.07, 6.45) is 0.215. The molecule has 1 aliphatic heterocycles. The Balaban J connectivity index is 1.57. The lowest BCUT2D eigenvalue weighted by Gasteiger charge is -2.30. The fourth-order valence-electron chi connectivity index (χ4n) is 3.96. The number of carbonyl (C=O) groups is 2. The molecule has 1 unspecified atom stereocenters. The van der Waals surface area contributed by atoms with Gasteiger partial charge in [-0.3, -0.25) is 19.3 Å². The summed E-state index contributed by atoms with van der Waals surface area (Å²) in [7, 11) is 0. The molecule has 2 amide bonds. The highest BCUT2D eigenvalue weighted by atomic mass is 35.5. The second-order valence-electron chi connectivity index (χ2n) is 7.86. The van der Waals surface area contributed by atoms with Gasteiger partial charge in [0.15, 0.2) is 0 Å². The Morgan fingerprint density at radius 2 is 2.03 bits per heavy atom. The SMILES string of the molecule is CCN(CC(=O)N1c2ccccc2NC(=O)CC1C)Cc1nc2cc(Cl)ccc2c(=O)[nH]1. The van der Waals surface area contributed by atoms with E-state index < -0.39 is 0 Å². The third-order valence-electron chi connectivity index (χ3n) is 5.53. The Labute approximate surface area is 190 Å². The number of halogens is 1. The van der Waals surface area contributed by atoms with E-state index in [2.05, 4.69) is 15.3 Å². The van der Waals surface area contributed by atoms with Crippen LogP contribution in [0.25, 0.3) is 10.9 Å². The summed E-state index contributed by atoms with van der Waals surface area (Å²) in [4.78, 5) is 48.9. The van der Waals surface area contributed by atoms with E-state index in [-0.39, 0.29) is 36.4 Å². The van der Waals surface area contributed by atoms with Gasteiger partial charge in [-0.2, -0.15) is 0 Å². The van der Waals surface area contributed by atoms with Gasteiger partial charge in [0.1, 0.15) is 5.82 Å². The molecule has 166 valence electrons. The van der Waals surface area contributed by atoms with Crippen LogP contribution in [-0.4, -0.2) is 45.8 Å². The van der Waals surface area contributed by atoms with Gasteiger partial charge >= 0.3 is 0 Å². The summed E-state index contributed by atoms with van der Waals surface area (Å²) in [5, 5.41) is 3.83. The molecule has 4 rings (SSSR count). The lowest BCUT2D eigenvalue weighted by molar-refractivity contribution is -0.120. The van der Waals surface area contributed by atoms with Crippen molar-refractivity contribution in [3.05, 3.63) is 63.7 Å². The zero-order valence-electron chi connectivity index (χ0n) is 17.9. The molecule has 0 fully saturated rings. The molecular formula is C23H24ClN5O3. The number of carbonyl (C=O) groups excluding carboxylic acids is 2. The Morgan fingerprint density at radius 3 is 2.81 bits per heavy atom. The van der Waals surface area contributed by atoms with Gasteiger partial charge in [-0.15, -0.1) is 0 Å². The molecule has 0 saturated heterocycles. The molecule has 0 radical (unpaired) electrons. The maximum Gasteiger partial charge on any atom is 0.258 e. The minimum Gasteiger partial charge on any atom is -0.324 e. The Kier molecular flexibility index (Phi) is 6.25. The van der Waals surface area contributed by atoms with Crippen LogP contribution in [0.1, 0.15) is 26.1 Å². The number of benzene rings is 2. The van der Waals surface area contributed by atoms with Crippen molar-refractivity contribution in [3.8, 4) is 0 Å². The topological polar surface area (TPSA) is 98.4 Å². The van der Waals surface area contributed by atoms with Crippen molar-refractivity contribution in [2.75, 3.05) is 23.3 Å². The molecule has 0 bridgehead atoms. The second kappa shape index (κ2) is 9.10. The third-order valence-corrected chi connectivity index (χ3v) is 5.76. The van der Waals surface area contributed by atoms with Gasteiger partial charge in [-0.25, -0.2) is 4.98 Å². The summed E-state index contributed by atoms with van der Waals surface area (Å²) in [6.45, 7) is 4.78. The number of fused-ring (bicyclic) bond motifs is 2. The number of nitrogens with zero attached hydrogens (tertiary/aromatic N) is 3. The van der Waals surface area contributed by atoms with Crippen LogP contribution in [0.2, 0.25) is 5.02 Å². The number of aromatic nitrogens is 2. The van der Waals surface area contributed by atoms with Gasteiger partial charge in [0.05, 0.1) is 35.4 Å². The highest BCUT2D eigenvalue weighted by Gasteiger charge is 2.30. The number of aromatic amines is 1. The average molecular weight is 454 g/mol. The highest BCUT2D eigenvalue weighted by molar-refractivity contribution is 6.31. The fourth-order valence-corrected chi connectivity index (χ4v) is 4.13. The average Bonchev–Trinajstić information content (AvgIpc) is 2.86. The molecule has 32 heavy (non-hydrogen) atoms. The van der Waals surface area contributed by atoms with Crippen molar-refractivity contribution < 1.29 is 9.59 Å². The molecule has 1 aromatic heterocycles. The van der Waals surface area contributed by atoms with Gasteiger partial charge in [-0.1, -0.05) is 30.7 Å². The molecule has 0 aliphatic carbocycles. The van der Waals surface area contributed by atoms with Gasteiger partial charge in [0.2, 0.25) is 11.8 Å². The van der Waals surface area contributed by atoms with Crippen LogP contribution in [0.3, 0.4) is 0 Å². The van der Waals surface area contributed by atoms with Gasteiger partial charge < -0.3 is 15.2 Å². The smallest absolute Gasteiger partial charge is 0.258 e. The van der Waals surface area contributed by atoms with Gasteiger partial charge in [-0.05, 0) is 43.8 Å². The van der Waals surface area contributed by atoms with Gasteiger partial charge in [0, 0.05) is 17.5 Å². The molecule has 3 aromatic rings. The minimum atomic E-state index is -0.286. The molecule has 8 nitrogen and oxygen atoms in total. The van der Waals surface area contributed by atoms with Crippen LogP contribution in [0.15, 0.2) is 47.3 Å².